The Morgan fingerprint density at radius 1 is 1.13 bits per heavy atom. The fourth-order valence-corrected chi connectivity index (χ4v) is 3.18. The maximum absolute atomic E-state index is 6.19. The van der Waals surface area contributed by atoms with E-state index in [9.17, 15) is 0 Å². The van der Waals surface area contributed by atoms with Gasteiger partial charge in [-0.15, -0.1) is 0 Å². The van der Waals surface area contributed by atoms with Crippen molar-refractivity contribution in [3.63, 3.8) is 0 Å². The number of hydrogen-bond acceptors (Lipinski definition) is 4. The molecule has 3 atom stereocenters. The molecule has 2 aliphatic rings. The third-order valence-corrected chi connectivity index (χ3v) is 3.55. The van der Waals surface area contributed by atoms with Gasteiger partial charge in [0.15, 0.2) is 0 Å². The van der Waals surface area contributed by atoms with Crippen LogP contribution in [-0.2, 0) is 14.2 Å². The SMILES string of the molecule is COCC12CC[C@](COC)(CC(N)C1)O2. The Kier molecular flexibility index (Phi) is 3.03. The zero-order valence-corrected chi connectivity index (χ0v) is 9.62. The van der Waals surface area contributed by atoms with Gasteiger partial charge in [-0.3, -0.25) is 0 Å². The number of nitrogens with two attached hydrogens (primary N) is 1. The van der Waals surface area contributed by atoms with Crippen molar-refractivity contribution in [2.45, 2.75) is 42.9 Å². The summed E-state index contributed by atoms with van der Waals surface area (Å²) >= 11 is 0. The minimum Gasteiger partial charge on any atom is -0.382 e. The smallest absolute Gasteiger partial charge is 0.0939 e. The molecule has 0 aromatic rings. The fourth-order valence-electron chi connectivity index (χ4n) is 3.18. The molecule has 0 spiro atoms. The van der Waals surface area contributed by atoms with E-state index >= 15 is 0 Å². The van der Waals surface area contributed by atoms with Crippen LogP contribution in [0.15, 0.2) is 0 Å². The van der Waals surface area contributed by atoms with E-state index in [1.54, 1.807) is 14.2 Å². The summed E-state index contributed by atoms with van der Waals surface area (Å²) in [5.74, 6) is 0. The van der Waals surface area contributed by atoms with Crippen LogP contribution in [0.1, 0.15) is 25.7 Å². The lowest BCUT2D eigenvalue weighted by Crippen LogP contribution is -2.52. The second-order valence-corrected chi connectivity index (χ2v) is 5.00. The van der Waals surface area contributed by atoms with Crippen LogP contribution in [0.25, 0.3) is 0 Å². The summed E-state index contributed by atoms with van der Waals surface area (Å²) in [5, 5.41) is 0. The quantitative estimate of drug-likeness (QED) is 0.749. The molecule has 15 heavy (non-hydrogen) atoms. The van der Waals surface area contributed by atoms with Crippen molar-refractivity contribution >= 4 is 0 Å². The van der Waals surface area contributed by atoms with Crippen molar-refractivity contribution in [3.05, 3.63) is 0 Å². The van der Waals surface area contributed by atoms with Crippen LogP contribution in [0.3, 0.4) is 0 Å². The molecule has 0 amide bonds. The standard InChI is InChI=1S/C11H21NO3/c1-13-7-10-3-4-11(15-10,8-14-2)6-9(12)5-10/h9H,3-8,12H2,1-2H3/t9?,10-,11?/m1/s1. The highest BCUT2D eigenvalue weighted by atomic mass is 16.6. The Morgan fingerprint density at radius 2 is 1.60 bits per heavy atom. The van der Waals surface area contributed by atoms with Gasteiger partial charge in [-0.2, -0.15) is 0 Å². The lowest BCUT2D eigenvalue weighted by Gasteiger charge is -2.42. The van der Waals surface area contributed by atoms with E-state index in [-0.39, 0.29) is 17.2 Å². The molecule has 2 N–H and O–H groups in total. The highest BCUT2D eigenvalue weighted by Gasteiger charge is 2.54. The third-order valence-electron chi connectivity index (χ3n) is 3.55. The van der Waals surface area contributed by atoms with Crippen LogP contribution in [0, 0.1) is 0 Å². The second-order valence-electron chi connectivity index (χ2n) is 5.00. The van der Waals surface area contributed by atoms with Crippen LogP contribution < -0.4 is 5.73 Å². The molecule has 0 aromatic heterocycles. The third kappa shape index (κ3) is 2.04. The molecule has 0 aromatic carbocycles. The molecule has 2 bridgehead atoms. The zero-order valence-electron chi connectivity index (χ0n) is 9.62. The lowest BCUT2D eigenvalue weighted by atomic mass is 9.90. The Balaban J connectivity index is 2.12. The maximum Gasteiger partial charge on any atom is 0.0939 e. The molecular formula is C11H21NO3. The number of ether oxygens (including phenoxy) is 3. The van der Waals surface area contributed by atoms with Gasteiger partial charge in [-0.1, -0.05) is 0 Å². The van der Waals surface area contributed by atoms with Gasteiger partial charge in [-0.25, -0.2) is 0 Å². The van der Waals surface area contributed by atoms with Crippen molar-refractivity contribution in [2.24, 2.45) is 5.73 Å². The normalized spacial score (nSPS) is 44.6. The van der Waals surface area contributed by atoms with Gasteiger partial charge in [-0.05, 0) is 25.7 Å². The first-order valence-electron chi connectivity index (χ1n) is 5.57. The molecule has 0 radical (unpaired) electrons. The van der Waals surface area contributed by atoms with Crippen molar-refractivity contribution in [3.8, 4) is 0 Å². The molecule has 2 aliphatic heterocycles. The molecule has 2 rings (SSSR count). The van der Waals surface area contributed by atoms with Crippen molar-refractivity contribution in [1.82, 2.24) is 0 Å². The van der Waals surface area contributed by atoms with Crippen LogP contribution in [-0.4, -0.2) is 44.7 Å². The summed E-state index contributed by atoms with van der Waals surface area (Å²) in [6.45, 7) is 1.29. The Labute approximate surface area is 91.1 Å². The van der Waals surface area contributed by atoms with Gasteiger partial charge < -0.3 is 19.9 Å². The number of fused-ring (bicyclic) bond motifs is 2. The van der Waals surface area contributed by atoms with E-state index in [0.29, 0.717) is 13.2 Å². The van der Waals surface area contributed by atoms with Gasteiger partial charge in [0.25, 0.3) is 0 Å². The van der Waals surface area contributed by atoms with E-state index in [4.69, 9.17) is 19.9 Å². The average molecular weight is 215 g/mol. The zero-order chi connectivity index (χ0) is 10.9. The monoisotopic (exact) mass is 215 g/mol. The first-order chi connectivity index (χ1) is 7.14. The molecule has 2 heterocycles. The minimum absolute atomic E-state index is 0.148. The molecule has 2 saturated heterocycles. The molecule has 2 fully saturated rings. The summed E-state index contributed by atoms with van der Waals surface area (Å²) in [6, 6.07) is 0.214. The van der Waals surface area contributed by atoms with E-state index < -0.39 is 0 Å². The van der Waals surface area contributed by atoms with Crippen LogP contribution in [0.5, 0.6) is 0 Å². The van der Waals surface area contributed by atoms with E-state index in [0.717, 1.165) is 25.7 Å². The lowest BCUT2D eigenvalue weighted by molar-refractivity contribution is -0.182. The molecule has 0 aliphatic carbocycles. The first-order valence-corrected chi connectivity index (χ1v) is 5.57. The predicted molar refractivity (Wildman–Crippen MR) is 56.7 cm³/mol. The van der Waals surface area contributed by atoms with Gasteiger partial charge in [0.1, 0.15) is 0 Å². The largest absolute Gasteiger partial charge is 0.382 e. The summed E-state index contributed by atoms with van der Waals surface area (Å²) in [4.78, 5) is 0. The van der Waals surface area contributed by atoms with Crippen molar-refractivity contribution in [2.75, 3.05) is 27.4 Å². The summed E-state index contributed by atoms with van der Waals surface area (Å²) in [6.07, 6.45) is 3.90. The summed E-state index contributed by atoms with van der Waals surface area (Å²) in [5.41, 5.74) is 5.80. The summed E-state index contributed by atoms with van der Waals surface area (Å²) < 4.78 is 16.7. The number of methoxy groups -OCH3 is 2. The molecular weight excluding hydrogens is 194 g/mol. The molecule has 88 valence electrons. The van der Waals surface area contributed by atoms with Gasteiger partial charge in [0.2, 0.25) is 0 Å². The molecule has 4 nitrogen and oxygen atoms in total. The summed E-state index contributed by atoms with van der Waals surface area (Å²) in [7, 11) is 3.43. The molecule has 0 saturated carbocycles. The van der Waals surface area contributed by atoms with Crippen LogP contribution in [0.2, 0.25) is 0 Å². The molecule has 4 heteroatoms. The highest BCUT2D eigenvalue weighted by molar-refractivity contribution is 5.05. The Bertz CT molecular complexity index is 214. The fraction of sp³-hybridized carbons (Fsp3) is 1.00. The Morgan fingerprint density at radius 3 is 2.00 bits per heavy atom. The number of rotatable bonds is 4. The van der Waals surface area contributed by atoms with Crippen LogP contribution >= 0.6 is 0 Å². The first kappa shape index (κ1) is 11.3. The van der Waals surface area contributed by atoms with E-state index in [2.05, 4.69) is 0 Å². The maximum atomic E-state index is 6.19. The molecule has 2 unspecified atom stereocenters. The second kappa shape index (κ2) is 4.01. The highest BCUT2D eigenvalue weighted by Crippen LogP contribution is 2.47. The topological polar surface area (TPSA) is 53.7 Å². The van der Waals surface area contributed by atoms with Gasteiger partial charge in [0.05, 0.1) is 24.4 Å². The van der Waals surface area contributed by atoms with Gasteiger partial charge >= 0.3 is 0 Å². The number of hydrogen-bond donors (Lipinski definition) is 1. The van der Waals surface area contributed by atoms with E-state index in [1.807, 2.05) is 0 Å². The predicted octanol–water partition coefficient (Wildman–Crippen LogP) is 0.688. The minimum atomic E-state index is -0.148. The average Bonchev–Trinajstić information content (AvgIpc) is 2.39. The van der Waals surface area contributed by atoms with Gasteiger partial charge in [0, 0.05) is 20.3 Å². The van der Waals surface area contributed by atoms with Crippen molar-refractivity contribution in [1.29, 1.82) is 0 Å². The van der Waals surface area contributed by atoms with E-state index in [1.165, 1.54) is 0 Å². The van der Waals surface area contributed by atoms with Crippen molar-refractivity contribution < 1.29 is 14.2 Å². The van der Waals surface area contributed by atoms with Crippen LogP contribution in [0.4, 0.5) is 0 Å². The Hall–Kier alpha value is -0.160.